The molecule has 6 heteroatoms. The van der Waals surface area contributed by atoms with Crippen LogP contribution in [-0.4, -0.2) is 41.2 Å². The highest BCUT2D eigenvalue weighted by molar-refractivity contribution is 6.32. The highest BCUT2D eigenvalue weighted by Gasteiger charge is 2.12. The molecule has 0 N–H and O–H groups in total. The second kappa shape index (κ2) is 6.74. The van der Waals surface area contributed by atoms with E-state index >= 15 is 0 Å². The lowest BCUT2D eigenvalue weighted by molar-refractivity contribution is 0.0943. The van der Waals surface area contributed by atoms with Crippen molar-refractivity contribution in [1.82, 2.24) is 14.7 Å². The molecule has 0 radical (unpaired) electrons. The van der Waals surface area contributed by atoms with E-state index in [2.05, 4.69) is 5.10 Å². The maximum Gasteiger partial charge on any atom is 0.176 e. The van der Waals surface area contributed by atoms with Crippen LogP contribution in [0.4, 0.5) is 0 Å². The number of hydrogen-bond acceptors (Lipinski definition) is 4. The molecule has 0 saturated carbocycles. The molecule has 0 saturated heterocycles. The van der Waals surface area contributed by atoms with Gasteiger partial charge in [0.25, 0.3) is 0 Å². The minimum Gasteiger partial charge on any atom is -0.495 e. The zero-order chi connectivity index (χ0) is 15.4. The highest BCUT2D eigenvalue weighted by atomic mass is 35.5. The maximum atomic E-state index is 12.2. The van der Waals surface area contributed by atoms with Crippen LogP contribution in [0.5, 0.6) is 5.75 Å². The summed E-state index contributed by atoms with van der Waals surface area (Å²) in [5, 5.41) is 4.55. The van der Waals surface area contributed by atoms with Crippen molar-refractivity contribution in [3.05, 3.63) is 46.7 Å². The van der Waals surface area contributed by atoms with Crippen molar-refractivity contribution in [3.63, 3.8) is 0 Å². The molecule has 2 aromatic rings. The largest absolute Gasteiger partial charge is 0.495 e. The molecule has 0 aliphatic carbocycles. The average Bonchev–Trinajstić information content (AvgIpc) is 2.83. The Morgan fingerprint density at radius 2 is 2.24 bits per heavy atom. The van der Waals surface area contributed by atoms with Gasteiger partial charge in [-0.3, -0.25) is 14.4 Å². The van der Waals surface area contributed by atoms with Crippen molar-refractivity contribution in [2.24, 2.45) is 7.05 Å². The zero-order valence-corrected chi connectivity index (χ0v) is 13.1. The van der Waals surface area contributed by atoms with Crippen LogP contribution >= 0.6 is 11.6 Å². The highest BCUT2D eigenvalue weighted by Crippen LogP contribution is 2.25. The number of aromatic nitrogens is 2. The van der Waals surface area contributed by atoms with E-state index in [0.29, 0.717) is 29.4 Å². The Bertz CT molecular complexity index is 640. The SMILES string of the molecule is COc1ccc(C(=O)CN(C)Cc2cnn(C)c2)cc1Cl. The Kier molecular flexibility index (Phi) is 4.98. The van der Waals surface area contributed by atoms with Crippen molar-refractivity contribution >= 4 is 17.4 Å². The molecule has 5 nitrogen and oxygen atoms in total. The molecule has 0 aliphatic heterocycles. The number of rotatable bonds is 6. The molecular weight excluding hydrogens is 290 g/mol. The molecule has 1 heterocycles. The third-order valence-electron chi connectivity index (χ3n) is 3.10. The second-order valence-corrected chi connectivity index (χ2v) is 5.37. The first kappa shape index (κ1) is 15.5. The summed E-state index contributed by atoms with van der Waals surface area (Å²) in [5.74, 6) is 0.586. The number of halogens is 1. The topological polar surface area (TPSA) is 47.4 Å². The number of Topliss-reactive ketones (excluding diaryl/α,β-unsaturated/α-hetero) is 1. The van der Waals surface area contributed by atoms with Crippen molar-refractivity contribution in [2.75, 3.05) is 20.7 Å². The molecular formula is C15H18ClN3O2. The summed E-state index contributed by atoms with van der Waals surface area (Å²) in [5.41, 5.74) is 1.65. The summed E-state index contributed by atoms with van der Waals surface area (Å²) < 4.78 is 6.82. The lowest BCUT2D eigenvalue weighted by Gasteiger charge is -2.15. The molecule has 0 amide bonds. The van der Waals surface area contributed by atoms with Crippen molar-refractivity contribution in [3.8, 4) is 5.75 Å². The summed E-state index contributed by atoms with van der Waals surface area (Å²) in [6, 6.07) is 5.07. The molecule has 1 aromatic carbocycles. The van der Waals surface area contributed by atoms with E-state index in [1.165, 1.54) is 0 Å². The normalized spacial score (nSPS) is 10.9. The summed E-state index contributed by atoms with van der Waals surface area (Å²) in [6.45, 7) is 0.987. The van der Waals surface area contributed by atoms with Gasteiger partial charge in [0, 0.05) is 30.9 Å². The van der Waals surface area contributed by atoms with Crippen molar-refractivity contribution in [2.45, 2.75) is 6.54 Å². The minimum atomic E-state index is 0.0194. The lowest BCUT2D eigenvalue weighted by atomic mass is 10.1. The van der Waals surface area contributed by atoms with Gasteiger partial charge in [-0.1, -0.05) is 11.6 Å². The molecule has 0 atom stereocenters. The Labute approximate surface area is 129 Å². The zero-order valence-electron chi connectivity index (χ0n) is 12.3. The average molecular weight is 308 g/mol. The molecule has 0 aliphatic rings. The monoisotopic (exact) mass is 307 g/mol. The van der Waals surface area contributed by atoms with Crippen molar-refractivity contribution < 1.29 is 9.53 Å². The maximum absolute atomic E-state index is 12.2. The summed E-state index contributed by atoms with van der Waals surface area (Å²) >= 11 is 6.04. The summed E-state index contributed by atoms with van der Waals surface area (Å²) in [7, 11) is 5.31. The van der Waals surface area contributed by atoms with Gasteiger partial charge < -0.3 is 4.74 Å². The van der Waals surface area contributed by atoms with Crippen LogP contribution in [0.25, 0.3) is 0 Å². The van der Waals surface area contributed by atoms with Gasteiger partial charge in [0.1, 0.15) is 5.75 Å². The number of carbonyl (C=O) groups excluding carboxylic acids is 1. The van der Waals surface area contributed by atoms with Crippen LogP contribution in [0.1, 0.15) is 15.9 Å². The van der Waals surface area contributed by atoms with E-state index in [-0.39, 0.29) is 5.78 Å². The molecule has 0 unspecified atom stereocenters. The lowest BCUT2D eigenvalue weighted by Crippen LogP contribution is -2.25. The van der Waals surface area contributed by atoms with Crippen LogP contribution in [0, 0.1) is 0 Å². The second-order valence-electron chi connectivity index (χ2n) is 4.97. The smallest absolute Gasteiger partial charge is 0.176 e. The van der Waals surface area contributed by atoms with Gasteiger partial charge in [0.15, 0.2) is 5.78 Å². The Balaban J connectivity index is 1.98. The fourth-order valence-electron chi connectivity index (χ4n) is 2.10. The molecule has 0 fully saturated rings. The van der Waals surface area contributed by atoms with Crippen LogP contribution in [0.2, 0.25) is 5.02 Å². The first-order valence-electron chi connectivity index (χ1n) is 6.52. The van der Waals surface area contributed by atoms with E-state index < -0.39 is 0 Å². The van der Waals surface area contributed by atoms with Gasteiger partial charge in [-0.15, -0.1) is 0 Å². The molecule has 112 valence electrons. The molecule has 21 heavy (non-hydrogen) atoms. The van der Waals surface area contributed by atoms with Gasteiger partial charge in [-0.05, 0) is 25.2 Å². The van der Waals surface area contributed by atoms with E-state index in [9.17, 15) is 4.79 Å². The third-order valence-corrected chi connectivity index (χ3v) is 3.39. The number of ketones is 1. The number of carbonyl (C=O) groups is 1. The van der Waals surface area contributed by atoms with E-state index in [1.807, 2.05) is 25.2 Å². The third kappa shape index (κ3) is 4.06. The summed E-state index contributed by atoms with van der Waals surface area (Å²) in [6.07, 6.45) is 3.73. The van der Waals surface area contributed by atoms with Crippen LogP contribution in [-0.2, 0) is 13.6 Å². The molecule has 0 spiro atoms. The van der Waals surface area contributed by atoms with E-state index in [4.69, 9.17) is 16.3 Å². The number of benzene rings is 1. The number of hydrogen-bond donors (Lipinski definition) is 0. The fraction of sp³-hybridized carbons (Fsp3) is 0.333. The number of ether oxygens (including phenoxy) is 1. The number of nitrogens with zero attached hydrogens (tertiary/aromatic N) is 3. The quantitative estimate of drug-likeness (QED) is 0.769. The predicted octanol–water partition coefficient (Wildman–Crippen LogP) is 2.40. The first-order valence-corrected chi connectivity index (χ1v) is 6.90. The molecule has 1 aromatic heterocycles. The van der Waals surface area contributed by atoms with Crippen molar-refractivity contribution in [1.29, 1.82) is 0 Å². The van der Waals surface area contributed by atoms with E-state index in [1.54, 1.807) is 36.2 Å². The van der Waals surface area contributed by atoms with Gasteiger partial charge in [-0.25, -0.2) is 0 Å². The first-order chi connectivity index (χ1) is 9.99. The standard InChI is InChI=1S/C15H18ClN3O2/c1-18(8-11-7-17-19(2)9-11)10-14(20)12-4-5-15(21-3)13(16)6-12/h4-7,9H,8,10H2,1-3H3. The van der Waals surface area contributed by atoms with Gasteiger partial charge in [-0.2, -0.15) is 5.10 Å². The molecule has 2 rings (SSSR count). The van der Waals surface area contributed by atoms with Gasteiger partial charge >= 0.3 is 0 Å². The Morgan fingerprint density at radius 3 is 2.81 bits per heavy atom. The van der Waals surface area contributed by atoms with E-state index in [0.717, 1.165) is 5.56 Å². The minimum absolute atomic E-state index is 0.0194. The van der Waals surface area contributed by atoms with Gasteiger partial charge in [0.2, 0.25) is 0 Å². The van der Waals surface area contributed by atoms with Crippen LogP contribution < -0.4 is 4.74 Å². The number of methoxy groups -OCH3 is 1. The predicted molar refractivity (Wildman–Crippen MR) is 81.9 cm³/mol. The Hall–Kier alpha value is -1.85. The number of aryl methyl sites for hydroxylation is 1. The number of likely N-dealkylation sites (N-methyl/N-ethyl adjacent to an activating group) is 1. The summed E-state index contributed by atoms with van der Waals surface area (Å²) in [4.78, 5) is 14.2. The molecule has 0 bridgehead atoms. The van der Waals surface area contributed by atoms with Crippen LogP contribution in [0.3, 0.4) is 0 Å². The van der Waals surface area contributed by atoms with Crippen LogP contribution in [0.15, 0.2) is 30.6 Å². The fourth-order valence-corrected chi connectivity index (χ4v) is 2.36. The van der Waals surface area contributed by atoms with Gasteiger partial charge in [0.05, 0.1) is 24.9 Å². The Morgan fingerprint density at radius 1 is 1.48 bits per heavy atom.